The number of rotatable bonds is 3. The molecule has 4 bridgehead atoms. The van der Waals surface area contributed by atoms with Gasteiger partial charge in [-0.15, -0.1) is 0 Å². The Labute approximate surface area is 166 Å². The predicted molar refractivity (Wildman–Crippen MR) is 100 cm³/mol. The lowest BCUT2D eigenvalue weighted by Crippen LogP contribution is -2.74. The van der Waals surface area contributed by atoms with Crippen LogP contribution in [-0.2, 0) is 9.47 Å². The molecule has 0 aromatic rings. The number of ether oxygens (including phenoxy) is 2. The molecule has 1 heterocycles. The fourth-order valence-electron chi connectivity index (χ4n) is 7.14. The maximum atomic E-state index is 11.9. The summed E-state index contributed by atoms with van der Waals surface area (Å²) < 4.78 is 11.7. The summed E-state index contributed by atoms with van der Waals surface area (Å²) in [7, 11) is 0. The zero-order chi connectivity index (χ0) is 20.6. The quantitative estimate of drug-likeness (QED) is 0.435. The zero-order valence-corrected chi connectivity index (χ0v) is 17.3. The molecule has 4 saturated carbocycles. The maximum absolute atomic E-state index is 11.9. The molecule has 7 heteroatoms. The van der Waals surface area contributed by atoms with Crippen LogP contribution in [-0.4, -0.2) is 74.6 Å². The monoisotopic (exact) mass is 400 g/mol. The normalized spacial score (nSPS) is 58.0. The van der Waals surface area contributed by atoms with Gasteiger partial charge in [-0.25, -0.2) is 0 Å². The number of hydrogen-bond acceptors (Lipinski definition) is 7. The number of hydrogen-bond donors (Lipinski definition) is 5. The molecule has 4 aliphatic carbocycles. The average Bonchev–Trinajstić information content (AvgIpc) is 2.65. The van der Waals surface area contributed by atoms with E-state index in [0.717, 1.165) is 19.3 Å². The van der Waals surface area contributed by atoms with E-state index in [0.29, 0.717) is 18.3 Å². The largest absolute Gasteiger partial charge is 0.394 e. The summed E-state index contributed by atoms with van der Waals surface area (Å²) in [5, 5.41) is 51.8. The van der Waals surface area contributed by atoms with Crippen LogP contribution in [0.15, 0.2) is 0 Å². The smallest absolute Gasteiger partial charge is 0.186 e. The van der Waals surface area contributed by atoms with Gasteiger partial charge in [0.15, 0.2) is 6.29 Å². The molecule has 162 valence electrons. The Kier molecular flexibility index (Phi) is 4.95. The number of aliphatic hydroxyl groups excluding tert-OH is 4. The van der Waals surface area contributed by atoms with Crippen molar-refractivity contribution in [2.75, 3.05) is 6.61 Å². The van der Waals surface area contributed by atoms with Crippen LogP contribution in [0.4, 0.5) is 0 Å². The summed E-state index contributed by atoms with van der Waals surface area (Å²) >= 11 is 0. The molecular formula is C21H36O7. The van der Waals surface area contributed by atoms with E-state index in [1.165, 1.54) is 0 Å². The van der Waals surface area contributed by atoms with Gasteiger partial charge >= 0.3 is 0 Å². The summed E-state index contributed by atoms with van der Waals surface area (Å²) in [6.07, 6.45) is -3.10. The van der Waals surface area contributed by atoms with Crippen molar-refractivity contribution in [1.29, 1.82) is 0 Å². The van der Waals surface area contributed by atoms with E-state index in [9.17, 15) is 25.5 Å². The van der Waals surface area contributed by atoms with Crippen LogP contribution in [0, 0.1) is 28.6 Å². The fraction of sp³-hybridized carbons (Fsp3) is 1.00. The third-order valence-corrected chi connectivity index (χ3v) is 9.28. The summed E-state index contributed by atoms with van der Waals surface area (Å²) in [4.78, 5) is 0. The van der Waals surface area contributed by atoms with Crippen molar-refractivity contribution in [3.8, 4) is 0 Å². The first-order valence-electron chi connectivity index (χ1n) is 10.7. The van der Waals surface area contributed by atoms with Gasteiger partial charge in [0, 0.05) is 11.8 Å². The molecule has 11 unspecified atom stereocenters. The zero-order valence-electron chi connectivity index (χ0n) is 17.3. The molecule has 1 aliphatic heterocycles. The van der Waals surface area contributed by atoms with E-state index in [1.807, 2.05) is 0 Å². The standard InChI is InChI=1S/C21H36O7/c1-10-12-7-11-5-6-20(12,4)21(26,19(11,2)3)8-13(10)27-18-17(25)16(24)15(23)14(9-22)28-18/h10-18,22-26H,5-9H2,1-4H3. The molecule has 5 fully saturated rings. The van der Waals surface area contributed by atoms with Gasteiger partial charge in [0.2, 0.25) is 0 Å². The Morgan fingerprint density at radius 2 is 1.75 bits per heavy atom. The van der Waals surface area contributed by atoms with Crippen molar-refractivity contribution < 1.29 is 35.0 Å². The second kappa shape index (κ2) is 6.61. The number of fused-ring (bicyclic) bond motifs is 1. The first-order valence-corrected chi connectivity index (χ1v) is 10.7. The molecule has 5 rings (SSSR count). The van der Waals surface area contributed by atoms with Gasteiger partial charge in [-0.2, -0.15) is 0 Å². The summed E-state index contributed by atoms with van der Waals surface area (Å²) in [5.41, 5.74) is -1.27. The van der Waals surface area contributed by atoms with E-state index in [1.54, 1.807) is 0 Å². The van der Waals surface area contributed by atoms with E-state index >= 15 is 0 Å². The highest BCUT2D eigenvalue weighted by Crippen LogP contribution is 2.71. The van der Waals surface area contributed by atoms with Gasteiger partial charge in [-0.1, -0.05) is 27.7 Å². The Morgan fingerprint density at radius 1 is 1.07 bits per heavy atom. The van der Waals surface area contributed by atoms with Gasteiger partial charge in [0.05, 0.1) is 18.3 Å². The first kappa shape index (κ1) is 21.0. The molecule has 11 atom stereocenters. The molecule has 0 spiro atoms. The van der Waals surface area contributed by atoms with Crippen molar-refractivity contribution in [3.63, 3.8) is 0 Å². The van der Waals surface area contributed by atoms with E-state index in [2.05, 4.69) is 27.7 Å². The van der Waals surface area contributed by atoms with Gasteiger partial charge < -0.3 is 35.0 Å². The molecular weight excluding hydrogens is 364 g/mol. The Balaban J connectivity index is 1.59. The van der Waals surface area contributed by atoms with Crippen LogP contribution in [0.2, 0.25) is 0 Å². The second-order valence-electron chi connectivity index (χ2n) is 10.5. The topological polar surface area (TPSA) is 120 Å². The molecule has 28 heavy (non-hydrogen) atoms. The van der Waals surface area contributed by atoms with E-state index in [-0.39, 0.29) is 22.9 Å². The number of aliphatic hydroxyl groups is 5. The van der Waals surface area contributed by atoms with Crippen LogP contribution >= 0.6 is 0 Å². The third-order valence-electron chi connectivity index (χ3n) is 9.28. The van der Waals surface area contributed by atoms with Gasteiger partial charge in [-0.05, 0) is 42.4 Å². The molecule has 0 aromatic carbocycles. The first-order chi connectivity index (χ1) is 13.0. The Bertz CT molecular complexity index is 610. The average molecular weight is 401 g/mol. The summed E-state index contributed by atoms with van der Waals surface area (Å²) in [6, 6.07) is 0. The predicted octanol–water partition coefficient (Wildman–Crippen LogP) is 0.405. The van der Waals surface area contributed by atoms with Gasteiger partial charge in [-0.3, -0.25) is 0 Å². The molecule has 7 nitrogen and oxygen atoms in total. The fourth-order valence-corrected chi connectivity index (χ4v) is 7.14. The summed E-state index contributed by atoms with van der Waals surface area (Å²) in [6.45, 7) is 8.19. The van der Waals surface area contributed by atoms with Gasteiger partial charge in [0.25, 0.3) is 0 Å². The lowest BCUT2D eigenvalue weighted by atomic mass is 9.35. The van der Waals surface area contributed by atoms with Crippen molar-refractivity contribution >= 4 is 0 Å². The Morgan fingerprint density at radius 3 is 2.39 bits per heavy atom. The minimum atomic E-state index is -1.46. The molecule has 0 amide bonds. The van der Waals surface area contributed by atoms with Crippen LogP contribution in [0.1, 0.15) is 53.4 Å². The SMILES string of the molecule is CC1C(OC2OC(CO)C(O)C(O)C2O)CC2(O)C(C)(C)C3CCC2(C)C1C3. The van der Waals surface area contributed by atoms with Crippen molar-refractivity contribution in [2.45, 2.75) is 95.8 Å². The van der Waals surface area contributed by atoms with Crippen LogP contribution in [0.25, 0.3) is 0 Å². The van der Waals surface area contributed by atoms with Crippen LogP contribution in [0.3, 0.4) is 0 Å². The lowest BCUT2D eigenvalue weighted by Gasteiger charge is -2.72. The van der Waals surface area contributed by atoms with Crippen LogP contribution < -0.4 is 0 Å². The molecule has 5 aliphatic rings. The third kappa shape index (κ3) is 2.54. The van der Waals surface area contributed by atoms with E-state index < -0.39 is 42.9 Å². The molecule has 5 N–H and O–H groups in total. The van der Waals surface area contributed by atoms with Crippen molar-refractivity contribution in [3.05, 3.63) is 0 Å². The maximum Gasteiger partial charge on any atom is 0.186 e. The highest BCUT2D eigenvalue weighted by atomic mass is 16.7. The van der Waals surface area contributed by atoms with Crippen molar-refractivity contribution in [2.24, 2.45) is 28.6 Å². The summed E-state index contributed by atoms with van der Waals surface area (Å²) in [5.74, 6) is 0.962. The second-order valence-corrected chi connectivity index (χ2v) is 10.5. The highest BCUT2D eigenvalue weighted by molar-refractivity contribution is 5.21. The minimum absolute atomic E-state index is 0.163. The molecule has 0 radical (unpaired) electrons. The Hall–Kier alpha value is -0.280. The molecule has 0 aromatic heterocycles. The van der Waals surface area contributed by atoms with Crippen molar-refractivity contribution in [1.82, 2.24) is 0 Å². The van der Waals surface area contributed by atoms with Crippen LogP contribution in [0.5, 0.6) is 0 Å². The van der Waals surface area contributed by atoms with E-state index in [4.69, 9.17) is 9.47 Å². The lowest BCUT2D eigenvalue weighted by molar-refractivity contribution is -0.352. The highest BCUT2D eigenvalue weighted by Gasteiger charge is 2.72. The molecule has 1 saturated heterocycles. The van der Waals surface area contributed by atoms with Gasteiger partial charge in [0.1, 0.15) is 24.4 Å². The minimum Gasteiger partial charge on any atom is -0.394 e.